The highest BCUT2D eigenvalue weighted by Gasteiger charge is 2.46. The fourth-order valence-electron chi connectivity index (χ4n) is 4.15. The molecule has 0 radical (unpaired) electrons. The van der Waals surface area contributed by atoms with Gasteiger partial charge in [-0.05, 0) is 71.3 Å². The van der Waals surface area contributed by atoms with Crippen LogP contribution in [0.5, 0.6) is 11.5 Å². The number of likely N-dealkylation sites (tertiary alicyclic amines) is 1. The average Bonchev–Trinajstić information content (AvgIpc) is 2.88. The van der Waals surface area contributed by atoms with Crippen molar-refractivity contribution in [2.75, 3.05) is 20.2 Å². The standard InChI is InChI=1S/C20H29NO2/c1-5-22-18-14-16(9-10-17(18)23-15(2)3)20-11-7-6-8-19(20)21(4)13-12-20/h7,9-11,14-15,19H,5-6,8,12-13H2,1-4H3/t19?,20-/m0/s1. The fourth-order valence-corrected chi connectivity index (χ4v) is 4.15. The van der Waals surface area contributed by atoms with Crippen molar-refractivity contribution in [2.24, 2.45) is 0 Å². The van der Waals surface area contributed by atoms with E-state index in [1.54, 1.807) is 0 Å². The first-order chi connectivity index (χ1) is 11.1. The van der Waals surface area contributed by atoms with Gasteiger partial charge < -0.3 is 14.4 Å². The maximum Gasteiger partial charge on any atom is 0.161 e. The second-order valence-electron chi connectivity index (χ2n) is 7.03. The van der Waals surface area contributed by atoms with E-state index in [0.29, 0.717) is 12.6 Å². The Hall–Kier alpha value is -1.48. The van der Waals surface area contributed by atoms with Gasteiger partial charge in [-0.1, -0.05) is 18.2 Å². The molecule has 3 nitrogen and oxygen atoms in total. The lowest BCUT2D eigenvalue weighted by Gasteiger charge is -2.38. The lowest BCUT2D eigenvalue weighted by Crippen LogP contribution is -2.41. The molecule has 2 aliphatic rings. The van der Waals surface area contributed by atoms with Gasteiger partial charge in [-0.15, -0.1) is 0 Å². The van der Waals surface area contributed by atoms with E-state index >= 15 is 0 Å². The number of ether oxygens (including phenoxy) is 2. The molecule has 1 aliphatic heterocycles. The van der Waals surface area contributed by atoms with Crippen molar-refractivity contribution in [2.45, 2.75) is 57.6 Å². The second-order valence-corrected chi connectivity index (χ2v) is 7.03. The molecule has 0 amide bonds. The third-order valence-corrected chi connectivity index (χ3v) is 5.17. The molecule has 0 bridgehead atoms. The van der Waals surface area contributed by atoms with Gasteiger partial charge in [-0.3, -0.25) is 0 Å². The molecule has 1 aromatic carbocycles. The average molecular weight is 315 g/mol. The largest absolute Gasteiger partial charge is 0.490 e. The summed E-state index contributed by atoms with van der Waals surface area (Å²) in [7, 11) is 2.26. The number of benzene rings is 1. The summed E-state index contributed by atoms with van der Waals surface area (Å²) in [5.41, 5.74) is 1.50. The van der Waals surface area contributed by atoms with Gasteiger partial charge in [0.1, 0.15) is 0 Å². The molecule has 0 aromatic heterocycles. The molecule has 3 rings (SSSR count). The zero-order chi connectivity index (χ0) is 16.4. The predicted molar refractivity (Wildman–Crippen MR) is 94.5 cm³/mol. The zero-order valence-corrected chi connectivity index (χ0v) is 14.8. The van der Waals surface area contributed by atoms with Crippen LogP contribution in [-0.4, -0.2) is 37.2 Å². The summed E-state index contributed by atoms with van der Waals surface area (Å²) in [6.45, 7) is 7.94. The summed E-state index contributed by atoms with van der Waals surface area (Å²) in [6, 6.07) is 7.14. The lowest BCUT2D eigenvalue weighted by atomic mass is 9.70. The molecule has 1 unspecified atom stereocenters. The molecular formula is C20H29NO2. The molecule has 23 heavy (non-hydrogen) atoms. The molecule has 3 heteroatoms. The fraction of sp³-hybridized carbons (Fsp3) is 0.600. The Morgan fingerprint density at radius 1 is 1.30 bits per heavy atom. The Labute approximate surface area is 140 Å². The topological polar surface area (TPSA) is 21.7 Å². The van der Waals surface area contributed by atoms with Crippen LogP contribution in [-0.2, 0) is 5.41 Å². The first-order valence-electron chi connectivity index (χ1n) is 8.88. The van der Waals surface area contributed by atoms with Gasteiger partial charge in [-0.2, -0.15) is 0 Å². The van der Waals surface area contributed by atoms with Crippen LogP contribution in [0, 0.1) is 0 Å². The highest BCUT2D eigenvalue weighted by molar-refractivity contribution is 5.48. The Balaban J connectivity index is 2.00. The number of nitrogens with zero attached hydrogens (tertiary/aromatic N) is 1. The van der Waals surface area contributed by atoms with Crippen LogP contribution in [0.2, 0.25) is 0 Å². The summed E-state index contributed by atoms with van der Waals surface area (Å²) in [4.78, 5) is 2.52. The molecule has 126 valence electrons. The van der Waals surface area contributed by atoms with Crippen LogP contribution in [0.15, 0.2) is 30.4 Å². The lowest BCUT2D eigenvalue weighted by molar-refractivity contribution is 0.222. The van der Waals surface area contributed by atoms with E-state index in [1.807, 2.05) is 20.8 Å². The first kappa shape index (κ1) is 16.4. The zero-order valence-electron chi connectivity index (χ0n) is 14.8. The summed E-state index contributed by atoms with van der Waals surface area (Å²) in [5, 5.41) is 0. The Kier molecular flexibility index (Phi) is 4.67. The van der Waals surface area contributed by atoms with Crippen molar-refractivity contribution in [1.82, 2.24) is 4.90 Å². The number of hydrogen-bond acceptors (Lipinski definition) is 3. The number of rotatable bonds is 5. The molecule has 1 fully saturated rings. The molecule has 0 saturated carbocycles. The predicted octanol–water partition coefficient (Wildman–Crippen LogP) is 4.16. The highest BCUT2D eigenvalue weighted by Crippen LogP contribution is 2.47. The molecule has 0 spiro atoms. The molecule has 1 saturated heterocycles. The number of hydrogen-bond donors (Lipinski definition) is 0. The van der Waals surface area contributed by atoms with Gasteiger partial charge in [0.2, 0.25) is 0 Å². The van der Waals surface area contributed by atoms with Crippen molar-refractivity contribution in [3.8, 4) is 11.5 Å². The van der Waals surface area contributed by atoms with Gasteiger partial charge in [0, 0.05) is 11.5 Å². The number of allylic oxidation sites excluding steroid dienone is 1. The van der Waals surface area contributed by atoms with Crippen LogP contribution in [0.25, 0.3) is 0 Å². The van der Waals surface area contributed by atoms with Crippen molar-refractivity contribution in [1.29, 1.82) is 0 Å². The quantitative estimate of drug-likeness (QED) is 0.761. The van der Waals surface area contributed by atoms with E-state index in [2.05, 4.69) is 42.3 Å². The van der Waals surface area contributed by atoms with Gasteiger partial charge in [0.25, 0.3) is 0 Å². The van der Waals surface area contributed by atoms with E-state index < -0.39 is 0 Å². The SMILES string of the molecule is CCOc1cc([C@@]23C=CCCC2N(C)CC3)ccc1OC(C)C. The Morgan fingerprint density at radius 2 is 2.13 bits per heavy atom. The maximum absolute atomic E-state index is 5.92. The third kappa shape index (κ3) is 2.99. The van der Waals surface area contributed by atoms with E-state index in [0.717, 1.165) is 18.0 Å². The third-order valence-electron chi connectivity index (χ3n) is 5.17. The summed E-state index contributed by atoms with van der Waals surface area (Å²) < 4.78 is 11.8. The minimum Gasteiger partial charge on any atom is -0.490 e. The normalized spacial score (nSPS) is 27.3. The van der Waals surface area contributed by atoms with E-state index in [1.165, 1.54) is 24.8 Å². The van der Waals surface area contributed by atoms with Crippen molar-refractivity contribution >= 4 is 0 Å². The van der Waals surface area contributed by atoms with Crippen molar-refractivity contribution < 1.29 is 9.47 Å². The maximum atomic E-state index is 5.92. The molecular weight excluding hydrogens is 286 g/mol. The monoisotopic (exact) mass is 315 g/mol. The number of likely N-dealkylation sites (N-methyl/N-ethyl adjacent to an activating group) is 1. The Morgan fingerprint density at radius 3 is 2.87 bits per heavy atom. The van der Waals surface area contributed by atoms with Crippen LogP contribution in [0.1, 0.15) is 45.6 Å². The minimum absolute atomic E-state index is 0.134. The summed E-state index contributed by atoms with van der Waals surface area (Å²) in [5.74, 6) is 1.73. The highest BCUT2D eigenvalue weighted by atomic mass is 16.5. The smallest absolute Gasteiger partial charge is 0.161 e. The molecule has 1 heterocycles. The van der Waals surface area contributed by atoms with E-state index in [-0.39, 0.29) is 11.5 Å². The van der Waals surface area contributed by atoms with E-state index in [9.17, 15) is 0 Å². The van der Waals surface area contributed by atoms with Gasteiger partial charge in [0.05, 0.1) is 12.7 Å². The molecule has 2 atom stereocenters. The van der Waals surface area contributed by atoms with Gasteiger partial charge >= 0.3 is 0 Å². The molecule has 0 N–H and O–H groups in total. The number of fused-ring (bicyclic) bond motifs is 1. The Bertz CT molecular complexity index is 581. The van der Waals surface area contributed by atoms with Crippen LogP contribution >= 0.6 is 0 Å². The second kappa shape index (κ2) is 6.56. The van der Waals surface area contributed by atoms with Crippen LogP contribution < -0.4 is 9.47 Å². The van der Waals surface area contributed by atoms with Crippen LogP contribution in [0.3, 0.4) is 0 Å². The summed E-state index contributed by atoms with van der Waals surface area (Å²) >= 11 is 0. The van der Waals surface area contributed by atoms with Crippen molar-refractivity contribution in [3.63, 3.8) is 0 Å². The molecule has 1 aromatic rings. The first-order valence-corrected chi connectivity index (χ1v) is 8.88. The van der Waals surface area contributed by atoms with E-state index in [4.69, 9.17) is 9.47 Å². The van der Waals surface area contributed by atoms with Crippen LogP contribution in [0.4, 0.5) is 0 Å². The minimum atomic E-state index is 0.134. The van der Waals surface area contributed by atoms with Crippen molar-refractivity contribution in [3.05, 3.63) is 35.9 Å². The molecule has 1 aliphatic carbocycles. The van der Waals surface area contributed by atoms with Gasteiger partial charge in [-0.25, -0.2) is 0 Å². The van der Waals surface area contributed by atoms with Gasteiger partial charge in [0.15, 0.2) is 11.5 Å². The summed E-state index contributed by atoms with van der Waals surface area (Å²) in [6.07, 6.45) is 8.55.